The summed E-state index contributed by atoms with van der Waals surface area (Å²) >= 11 is 0. The molecule has 0 saturated carbocycles. The highest BCUT2D eigenvalue weighted by Gasteiger charge is 2.20. The van der Waals surface area contributed by atoms with Crippen molar-refractivity contribution in [3.63, 3.8) is 0 Å². The molecule has 0 aliphatic heterocycles. The van der Waals surface area contributed by atoms with E-state index in [0.717, 1.165) is 5.56 Å². The van der Waals surface area contributed by atoms with E-state index in [4.69, 9.17) is 0 Å². The Balaban J connectivity index is 2.23. The van der Waals surface area contributed by atoms with E-state index >= 15 is 0 Å². The Labute approximate surface area is 116 Å². The minimum absolute atomic E-state index is 0.0367. The maximum Gasteiger partial charge on any atom is 0.270 e. The molecule has 0 amide bonds. The van der Waals surface area contributed by atoms with Crippen LogP contribution in [0, 0.1) is 0 Å². The molecule has 3 rings (SSSR count). The molecule has 2 aromatic heterocycles. The van der Waals surface area contributed by atoms with Crippen molar-refractivity contribution in [3.05, 3.63) is 42.5 Å². The summed E-state index contributed by atoms with van der Waals surface area (Å²) in [6, 6.07) is 13.0. The second-order valence-corrected chi connectivity index (χ2v) is 6.41. The molecule has 6 nitrogen and oxygen atoms in total. The number of rotatable bonds is 3. The van der Waals surface area contributed by atoms with Crippen LogP contribution in [0.1, 0.15) is 6.92 Å². The summed E-state index contributed by atoms with van der Waals surface area (Å²) in [5.41, 5.74) is 1.99. The lowest BCUT2D eigenvalue weighted by Gasteiger charge is -2.02. The summed E-state index contributed by atoms with van der Waals surface area (Å²) in [7, 11) is -3.45. The van der Waals surface area contributed by atoms with E-state index in [9.17, 15) is 8.42 Å². The van der Waals surface area contributed by atoms with E-state index in [1.54, 1.807) is 19.1 Å². The normalized spacial score (nSPS) is 11.8. The third-order valence-corrected chi connectivity index (χ3v) is 4.53. The Bertz CT molecular complexity index is 856. The summed E-state index contributed by atoms with van der Waals surface area (Å²) in [4.78, 5) is 0. The zero-order valence-corrected chi connectivity index (χ0v) is 11.6. The van der Waals surface area contributed by atoms with Crippen LogP contribution in [-0.2, 0) is 9.84 Å². The summed E-state index contributed by atoms with van der Waals surface area (Å²) in [5, 5.41) is 11.8. The van der Waals surface area contributed by atoms with E-state index in [-0.39, 0.29) is 10.9 Å². The molecule has 0 spiro atoms. The van der Waals surface area contributed by atoms with Gasteiger partial charge in [0.15, 0.2) is 5.65 Å². The summed E-state index contributed by atoms with van der Waals surface area (Å²) in [6.45, 7) is 1.57. The van der Waals surface area contributed by atoms with Crippen molar-refractivity contribution in [2.75, 3.05) is 5.75 Å². The lowest BCUT2D eigenvalue weighted by molar-refractivity contribution is 0.582. The van der Waals surface area contributed by atoms with Crippen LogP contribution in [0.4, 0.5) is 0 Å². The standard InChI is InChI=1S/C13H12N4O2S/c1-2-20(18,19)13-15-14-12-9-8-11(16-17(12)13)10-6-4-3-5-7-10/h3-9H,2H2,1H3. The van der Waals surface area contributed by atoms with Gasteiger partial charge in [0.05, 0.1) is 11.4 Å². The average Bonchev–Trinajstić information content (AvgIpc) is 2.92. The number of benzene rings is 1. The van der Waals surface area contributed by atoms with Crippen molar-refractivity contribution in [1.82, 2.24) is 19.8 Å². The van der Waals surface area contributed by atoms with Crippen LogP contribution >= 0.6 is 0 Å². The Morgan fingerprint density at radius 3 is 2.50 bits per heavy atom. The fourth-order valence-corrected chi connectivity index (χ4v) is 2.68. The van der Waals surface area contributed by atoms with Gasteiger partial charge in [-0.3, -0.25) is 0 Å². The van der Waals surface area contributed by atoms with Gasteiger partial charge in [-0.1, -0.05) is 37.3 Å². The number of fused-ring (bicyclic) bond motifs is 1. The van der Waals surface area contributed by atoms with Crippen molar-refractivity contribution >= 4 is 15.5 Å². The monoisotopic (exact) mass is 288 g/mol. The molecule has 20 heavy (non-hydrogen) atoms. The largest absolute Gasteiger partial charge is 0.270 e. The molecule has 0 N–H and O–H groups in total. The molecule has 0 saturated heterocycles. The number of hydrogen-bond acceptors (Lipinski definition) is 5. The third-order valence-electron chi connectivity index (χ3n) is 2.96. The SMILES string of the molecule is CCS(=O)(=O)c1nnc2ccc(-c3ccccc3)nn12. The number of sulfone groups is 1. The van der Waals surface area contributed by atoms with Crippen LogP contribution in [0.3, 0.4) is 0 Å². The molecule has 0 bridgehead atoms. The molecule has 0 unspecified atom stereocenters. The van der Waals surface area contributed by atoms with Crippen molar-refractivity contribution in [2.45, 2.75) is 12.1 Å². The minimum atomic E-state index is -3.45. The lowest BCUT2D eigenvalue weighted by atomic mass is 10.1. The molecular weight excluding hydrogens is 276 g/mol. The molecule has 3 aromatic rings. The minimum Gasteiger partial charge on any atom is -0.220 e. The Kier molecular flexibility index (Phi) is 2.98. The number of hydrogen-bond donors (Lipinski definition) is 0. The van der Waals surface area contributed by atoms with Crippen molar-refractivity contribution in [2.24, 2.45) is 0 Å². The summed E-state index contributed by atoms with van der Waals surface area (Å²) in [6.07, 6.45) is 0. The molecule has 0 radical (unpaired) electrons. The van der Waals surface area contributed by atoms with Crippen molar-refractivity contribution in [1.29, 1.82) is 0 Å². The maximum atomic E-state index is 12.0. The highest BCUT2D eigenvalue weighted by molar-refractivity contribution is 7.91. The molecule has 0 atom stereocenters. The van der Waals surface area contributed by atoms with Gasteiger partial charge < -0.3 is 0 Å². The first kappa shape index (κ1) is 12.7. The predicted molar refractivity (Wildman–Crippen MR) is 73.9 cm³/mol. The van der Waals surface area contributed by atoms with Gasteiger partial charge in [-0.05, 0) is 12.1 Å². The lowest BCUT2D eigenvalue weighted by Crippen LogP contribution is -2.10. The maximum absolute atomic E-state index is 12.0. The fourth-order valence-electron chi connectivity index (χ4n) is 1.86. The molecule has 0 fully saturated rings. The van der Waals surface area contributed by atoms with E-state index in [0.29, 0.717) is 11.3 Å². The van der Waals surface area contributed by atoms with Gasteiger partial charge in [0.25, 0.3) is 5.16 Å². The quantitative estimate of drug-likeness (QED) is 0.731. The fraction of sp³-hybridized carbons (Fsp3) is 0.154. The van der Waals surface area contributed by atoms with Gasteiger partial charge in [-0.2, -0.15) is 9.61 Å². The topological polar surface area (TPSA) is 77.2 Å². The second kappa shape index (κ2) is 4.68. The van der Waals surface area contributed by atoms with Gasteiger partial charge in [0, 0.05) is 5.56 Å². The van der Waals surface area contributed by atoms with Gasteiger partial charge in [0.1, 0.15) is 0 Å². The highest BCUT2D eigenvalue weighted by Crippen LogP contribution is 2.18. The Morgan fingerprint density at radius 2 is 1.80 bits per heavy atom. The van der Waals surface area contributed by atoms with Crippen LogP contribution in [0.15, 0.2) is 47.6 Å². The van der Waals surface area contributed by atoms with Gasteiger partial charge >= 0.3 is 0 Å². The Morgan fingerprint density at radius 1 is 1.05 bits per heavy atom. The van der Waals surface area contributed by atoms with Crippen LogP contribution in [-0.4, -0.2) is 34.0 Å². The first-order chi connectivity index (χ1) is 9.62. The van der Waals surface area contributed by atoms with Crippen LogP contribution in [0.25, 0.3) is 16.9 Å². The van der Waals surface area contributed by atoms with E-state index in [1.165, 1.54) is 4.52 Å². The highest BCUT2D eigenvalue weighted by atomic mass is 32.2. The number of aromatic nitrogens is 4. The van der Waals surface area contributed by atoms with Crippen LogP contribution in [0.5, 0.6) is 0 Å². The van der Waals surface area contributed by atoms with Gasteiger partial charge in [0.2, 0.25) is 9.84 Å². The smallest absolute Gasteiger partial charge is 0.220 e. The second-order valence-electron chi connectivity index (χ2n) is 4.24. The van der Waals surface area contributed by atoms with E-state index < -0.39 is 9.84 Å². The van der Waals surface area contributed by atoms with Crippen LogP contribution < -0.4 is 0 Å². The molecule has 102 valence electrons. The first-order valence-corrected chi connectivity index (χ1v) is 7.77. The van der Waals surface area contributed by atoms with Crippen LogP contribution in [0.2, 0.25) is 0 Å². The van der Waals surface area contributed by atoms with Crippen molar-refractivity contribution in [3.8, 4) is 11.3 Å². The van der Waals surface area contributed by atoms with E-state index in [2.05, 4.69) is 15.3 Å². The predicted octanol–water partition coefficient (Wildman–Crippen LogP) is 1.58. The zero-order chi connectivity index (χ0) is 14.2. The zero-order valence-electron chi connectivity index (χ0n) is 10.8. The molecule has 7 heteroatoms. The molecule has 1 aromatic carbocycles. The first-order valence-electron chi connectivity index (χ1n) is 6.12. The number of nitrogens with zero attached hydrogens (tertiary/aromatic N) is 4. The van der Waals surface area contributed by atoms with Gasteiger partial charge in [-0.25, -0.2) is 8.42 Å². The summed E-state index contributed by atoms with van der Waals surface area (Å²) < 4.78 is 25.2. The van der Waals surface area contributed by atoms with Gasteiger partial charge in [-0.15, -0.1) is 10.2 Å². The third kappa shape index (κ3) is 2.05. The van der Waals surface area contributed by atoms with Crippen molar-refractivity contribution < 1.29 is 8.42 Å². The Hall–Kier alpha value is -2.28. The average molecular weight is 288 g/mol. The van der Waals surface area contributed by atoms with E-state index in [1.807, 2.05) is 30.3 Å². The molecule has 0 aliphatic carbocycles. The molecule has 2 heterocycles. The molecule has 0 aliphatic rings. The summed E-state index contributed by atoms with van der Waals surface area (Å²) in [5.74, 6) is -0.0367. The molecular formula is C13H12N4O2S.